The van der Waals surface area contributed by atoms with Gasteiger partial charge in [-0.25, -0.2) is 0 Å². The Labute approximate surface area is 115 Å². The van der Waals surface area contributed by atoms with E-state index in [1.54, 1.807) is 19.2 Å². The summed E-state index contributed by atoms with van der Waals surface area (Å²) in [6.07, 6.45) is 2.56. The Morgan fingerprint density at radius 1 is 1.47 bits per heavy atom. The molecule has 1 heterocycles. The predicted molar refractivity (Wildman–Crippen MR) is 76.6 cm³/mol. The van der Waals surface area contributed by atoms with Gasteiger partial charge in [0.05, 0.1) is 7.11 Å². The van der Waals surface area contributed by atoms with E-state index in [1.807, 2.05) is 6.07 Å². The normalized spacial score (nSPS) is 20.1. The molecule has 0 radical (unpaired) electrons. The van der Waals surface area contributed by atoms with Crippen molar-refractivity contribution in [3.63, 3.8) is 0 Å². The average Bonchev–Trinajstić information content (AvgIpc) is 2.78. The van der Waals surface area contributed by atoms with Crippen molar-refractivity contribution in [3.05, 3.63) is 23.8 Å². The van der Waals surface area contributed by atoms with Gasteiger partial charge >= 0.3 is 0 Å². The lowest BCUT2D eigenvalue weighted by atomic mass is 10.1. The van der Waals surface area contributed by atoms with Crippen LogP contribution in [0.25, 0.3) is 0 Å². The summed E-state index contributed by atoms with van der Waals surface area (Å²) in [7, 11) is 5.94. The molecule has 1 N–H and O–H groups in total. The maximum absolute atomic E-state index is 9.90. The molecule has 1 aromatic rings. The number of hydrogen-bond donors (Lipinski definition) is 1. The molecular formula is C15H24N2O2. The fraction of sp³-hybridized carbons (Fsp3) is 0.600. The molecule has 0 aliphatic carbocycles. The molecule has 106 valence electrons. The molecule has 0 aromatic heterocycles. The second-order valence-electron chi connectivity index (χ2n) is 5.47. The molecule has 0 bridgehead atoms. The first kappa shape index (κ1) is 14.2. The van der Waals surface area contributed by atoms with Crippen LogP contribution < -0.4 is 4.74 Å². The van der Waals surface area contributed by atoms with Crippen LogP contribution in [0.4, 0.5) is 0 Å². The zero-order chi connectivity index (χ0) is 13.8. The molecule has 1 aromatic carbocycles. The molecule has 1 atom stereocenters. The first-order valence-corrected chi connectivity index (χ1v) is 6.85. The van der Waals surface area contributed by atoms with Crippen molar-refractivity contribution < 1.29 is 9.84 Å². The molecule has 4 nitrogen and oxygen atoms in total. The Morgan fingerprint density at radius 2 is 2.26 bits per heavy atom. The number of ether oxygens (including phenoxy) is 1. The van der Waals surface area contributed by atoms with Crippen molar-refractivity contribution in [3.8, 4) is 11.5 Å². The number of likely N-dealkylation sites (N-methyl/N-ethyl adjacent to an activating group) is 2. The minimum Gasteiger partial charge on any atom is -0.508 e. The lowest BCUT2D eigenvalue weighted by Crippen LogP contribution is -2.36. The molecule has 19 heavy (non-hydrogen) atoms. The Morgan fingerprint density at radius 3 is 2.89 bits per heavy atom. The lowest BCUT2D eigenvalue weighted by molar-refractivity contribution is 0.214. The lowest BCUT2D eigenvalue weighted by Gasteiger charge is -2.26. The summed E-state index contributed by atoms with van der Waals surface area (Å²) in [6, 6.07) is 6.02. The summed E-state index contributed by atoms with van der Waals surface area (Å²) in [6.45, 7) is 2.98. The number of aromatic hydroxyl groups is 1. The highest BCUT2D eigenvalue weighted by Crippen LogP contribution is 2.24. The molecule has 2 rings (SSSR count). The van der Waals surface area contributed by atoms with E-state index >= 15 is 0 Å². The van der Waals surface area contributed by atoms with E-state index in [1.165, 1.54) is 19.4 Å². The standard InChI is InChI=1S/C15H24N2O2/c1-16(11-13-5-4-8-17(13)2)10-12-9-14(19-3)6-7-15(12)18/h6-7,9,13,18H,4-5,8,10-11H2,1-3H3. The van der Waals surface area contributed by atoms with E-state index in [9.17, 15) is 5.11 Å². The molecular weight excluding hydrogens is 240 g/mol. The molecule has 0 saturated carbocycles. The Balaban J connectivity index is 1.96. The van der Waals surface area contributed by atoms with Crippen molar-refractivity contribution in [2.75, 3.05) is 34.3 Å². The van der Waals surface area contributed by atoms with Gasteiger partial charge in [0, 0.05) is 24.7 Å². The van der Waals surface area contributed by atoms with Gasteiger partial charge in [-0.05, 0) is 51.7 Å². The third-order valence-electron chi connectivity index (χ3n) is 3.92. The zero-order valence-electron chi connectivity index (χ0n) is 12.1. The highest BCUT2D eigenvalue weighted by Gasteiger charge is 2.22. The number of methoxy groups -OCH3 is 1. The van der Waals surface area contributed by atoms with E-state index in [0.717, 1.165) is 24.4 Å². The van der Waals surface area contributed by atoms with Crippen LogP contribution in [0.1, 0.15) is 18.4 Å². The van der Waals surface area contributed by atoms with Crippen LogP contribution in [0, 0.1) is 0 Å². The fourth-order valence-corrected chi connectivity index (χ4v) is 2.74. The molecule has 1 saturated heterocycles. The zero-order valence-corrected chi connectivity index (χ0v) is 12.1. The molecule has 4 heteroatoms. The minimum absolute atomic E-state index is 0.340. The second kappa shape index (κ2) is 6.26. The quantitative estimate of drug-likeness (QED) is 0.881. The van der Waals surface area contributed by atoms with Gasteiger partial charge in [-0.1, -0.05) is 0 Å². The highest BCUT2D eigenvalue weighted by molar-refractivity contribution is 5.39. The molecule has 0 amide bonds. The van der Waals surface area contributed by atoms with Crippen LogP contribution >= 0.6 is 0 Å². The summed E-state index contributed by atoms with van der Waals surface area (Å²) in [5, 5.41) is 9.90. The van der Waals surface area contributed by atoms with Crippen molar-refractivity contribution in [2.24, 2.45) is 0 Å². The van der Waals surface area contributed by atoms with Crippen LogP contribution in [-0.4, -0.2) is 55.2 Å². The van der Waals surface area contributed by atoms with E-state index in [2.05, 4.69) is 23.9 Å². The average molecular weight is 264 g/mol. The Kier molecular flexibility index (Phi) is 4.66. The smallest absolute Gasteiger partial charge is 0.120 e. The van der Waals surface area contributed by atoms with E-state index in [0.29, 0.717) is 11.8 Å². The maximum atomic E-state index is 9.90. The number of phenolic OH excluding ortho intramolecular Hbond substituents is 1. The first-order valence-electron chi connectivity index (χ1n) is 6.85. The summed E-state index contributed by atoms with van der Waals surface area (Å²) in [4.78, 5) is 4.68. The summed E-state index contributed by atoms with van der Waals surface area (Å²) in [5.74, 6) is 1.13. The first-order chi connectivity index (χ1) is 9.10. The SMILES string of the molecule is COc1ccc(O)c(CN(C)CC2CCCN2C)c1. The molecule has 1 unspecified atom stereocenters. The summed E-state index contributed by atoms with van der Waals surface area (Å²) < 4.78 is 5.20. The van der Waals surface area contributed by atoms with Crippen LogP contribution in [0.3, 0.4) is 0 Å². The van der Waals surface area contributed by atoms with E-state index < -0.39 is 0 Å². The van der Waals surface area contributed by atoms with E-state index in [-0.39, 0.29) is 0 Å². The molecule has 1 aliphatic heterocycles. The van der Waals surface area contributed by atoms with Gasteiger partial charge in [0.1, 0.15) is 11.5 Å². The highest BCUT2D eigenvalue weighted by atomic mass is 16.5. The van der Waals surface area contributed by atoms with Gasteiger partial charge < -0.3 is 19.6 Å². The van der Waals surface area contributed by atoms with Gasteiger partial charge in [-0.2, -0.15) is 0 Å². The summed E-state index contributed by atoms with van der Waals surface area (Å²) >= 11 is 0. The van der Waals surface area contributed by atoms with Crippen LogP contribution in [0.2, 0.25) is 0 Å². The van der Waals surface area contributed by atoms with Crippen LogP contribution in [0.15, 0.2) is 18.2 Å². The maximum Gasteiger partial charge on any atom is 0.120 e. The number of phenols is 1. The van der Waals surface area contributed by atoms with Gasteiger partial charge in [0.2, 0.25) is 0 Å². The van der Waals surface area contributed by atoms with Crippen molar-refractivity contribution in [1.82, 2.24) is 9.80 Å². The Bertz CT molecular complexity index is 423. The third-order valence-corrected chi connectivity index (χ3v) is 3.92. The number of hydrogen-bond acceptors (Lipinski definition) is 4. The number of rotatable bonds is 5. The minimum atomic E-state index is 0.340. The van der Waals surface area contributed by atoms with Crippen LogP contribution in [-0.2, 0) is 6.54 Å². The number of likely N-dealkylation sites (tertiary alicyclic amines) is 1. The second-order valence-corrected chi connectivity index (χ2v) is 5.47. The van der Waals surface area contributed by atoms with E-state index in [4.69, 9.17) is 4.74 Å². The fourth-order valence-electron chi connectivity index (χ4n) is 2.74. The monoisotopic (exact) mass is 264 g/mol. The molecule has 1 fully saturated rings. The number of benzene rings is 1. The molecule has 1 aliphatic rings. The van der Waals surface area contributed by atoms with Gasteiger partial charge in [0.15, 0.2) is 0 Å². The Hall–Kier alpha value is -1.26. The van der Waals surface area contributed by atoms with Gasteiger partial charge in [-0.15, -0.1) is 0 Å². The summed E-state index contributed by atoms with van der Waals surface area (Å²) in [5.41, 5.74) is 0.919. The predicted octanol–water partition coefficient (Wildman–Crippen LogP) is 1.93. The number of nitrogens with zero attached hydrogens (tertiary/aromatic N) is 2. The van der Waals surface area contributed by atoms with Crippen LogP contribution in [0.5, 0.6) is 11.5 Å². The van der Waals surface area contributed by atoms with Crippen molar-refractivity contribution in [1.29, 1.82) is 0 Å². The van der Waals surface area contributed by atoms with Crippen molar-refractivity contribution in [2.45, 2.75) is 25.4 Å². The third kappa shape index (κ3) is 3.61. The topological polar surface area (TPSA) is 35.9 Å². The molecule has 0 spiro atoms. The largest absolute Gasteiger partial charge is 0.508 e. The van der Waals surface area contributed by atoms with Crippen molar-refractivity contribution >= 4 is 0 Å². The van der Waals surface area contributed by atoms with Gasteiger partial charge in [0.25, 0.3) is 0 Å². The van der Waals surface area contributed by atoms with Gasteiger partial charge in [-0.3, -0.25) is 0 Å².